The van der Waals surface area contributed by atoms with Gasteiger partial charge >= 0.3 is 0 Å². The summed E-state index contributed by atoms with van der Waals surface area (Å²) in [5.74, 6) is -0.237. The molecule has 2 aromatic rings. The Kier molecular flexibility index (Phi) is 5.46. The van der Waals surface area contributed by atoms with E-state index in [0.29, 0.717) is 29.0 Å². The van der Waals surface area contributed by atoms with Gasteiger partial charge < -0.3 is 4.90 Å². The first kappa shape index (κ1) is 16.9. The number of Topliss-reactive ketones (excluding diaryl/α,β-unsaturated/α-hetero) is 1. The number of halogens is 1. The lowest BCUT2D eigenvalue weighted by Crippen LogP contribution is -2.42. The average Bonchev–Trinajstić information content (AvgIpc) is 2.62. The first-order valence-electron chi connectivity index (χ1n) is 8.27. The number of carbonyl (C=O) groups excluding carboxylic acids is 2. The van der Waals surface area contributed by atoms with Gasteiger partial charge in [0.25, 0.3) is 11.7 Å². The van der Waals surface area contributed by atoms with E-state index in [4.69, 9.17) is 0 Å². The SMILES string of the molecule is O=C(C(=O)N1CCC(Cc2ccccc2)CC1)c1ccccc1Br. The fraction of sp³-hybridized carbons (Fsp3) is 0.300. The van der Waals surface area contributed by atoms with Crippen LogP contribution in [0.15, 0.2) is 59.1 Å². The molecule has 0 aliphatic carbocycles. The summed E-state index contributed by atoms with van der Waals surface area (Å²) in [5, 5.41) is 0. The van der Waals surface area contributed by atoms with E-state index in [0.717, 1.165) is 19.3 Å². The van der Waals surface area contributed by atoms with Gasteiger partial charge in [-0.3, -0.25) is 9.59 Å². The van der Waals surface area contributed by atoms with Crippen LogP contribution in [0.2, 0.25) is 0 Å². The van der Waals surface area contributed by atoms with Crippen molar-refractivity contribution in [2.24, 2.45) is 5.92 Å². The Labute approximate surface area is 150 Å². The summed E-state index contributed by atoms with van der Waals surface area (Å²) in [4.78, 5) is 26.6. The zero-order chi connectivity index (χ0) is 16.9. The normalized spacial score (nSPS) is 15.3. The number of hydrogen-bond acceptors (Lipinski definition) is 2. The van der Waals surface area contributed by atoms with Crippen LogP contribution < -0.4 is 0 Å². The van der Waals surface area contributed by atoms with Crippen molar-refractivity contribution in [2.45, 2.75) is 19.3 Å². The molecule has 4 heteroatoms. The lowest BCUT2D eigenvalue weighted by Gasteiger charge is -2.31. The second kappa shape index (κ2) is 7.75. The molecule has 24 heavy (non-hydrogen) atoms. The third-order valence-corrected chi connectivity index (χ3v) is 5.27. The molecule has 1 aliphatic heterocycles. The highest BCUT2D eigenvalue weighted by atomic mass is 79.9. The van der Waals surface area contributed by atoms with Crippen LogP contribution in [0.4, 0.5) is 0 Å². The van der Waals surface area contributed by atoms with Crippen molar-refractivity contribution in [3.05, 3.63) is 70.2 Å². The summed E-state index contributed by atoms with van der Waals surface area (Å²) in [6, 6.07) is 17.5. The summed E-state index contributed by atoms with van der Waals surface area (Å²) in [6.07, 6.45) is 2.94. The van der Waals surface area contributed by atoms with Gasteiger partial charge in [-0.2, -0.15) is 0 Å². The van der Waals surface area contributed by atoms with Crippen molar-refractivity contribution in [2.75, 3.05) is 13.1 Å². The van der Waals surface area contributed by atoms with Gasteiger partial charge in [0.15, 0.2) is 0 Å². The van der Waals surface area contributed by atoms with Crippen LogP contribution >= 0.6 is 15.9 Å². The summed E-state index contributed by atoms with van der Waals surface area (Å²) in [5.41, 5.74) is 1.78. The smallest absolute Gasteiger partial charge is 0.295 e. The monoisotopic (exact) mass is 385 g/mol. The van der Waals surface area contributed by atoms with E-state index in [9.17, 15) is 9.59 Å². The van der Waals surface area contributed by atoms with E-state index in [-0.39, 0.29) is 5.91 Å². The predicted molar refractivity (Wildman–Crippen MR) is 97.9 cm³/mol. The number of benzene rings is 2. The summed E-state index contributed by atoms with van der Waals surface area (Å²) < 4.78 is 0.669. The first-order valence-corrected chi connectivity index (χ1v) is 9.06. The van der Waals surface area contributed by atoms with Crippen LogP contribution in [-0.4, -0.2) is 29.7 Å². The average molecular weight is 386 g/mol. The third-order valence-electron chi connectivity index (χ3n) is 4.58. The number of rotatable bonds is 4. The Bertz CT molecular complexity index is 721. The first-order chi connectivity index (χ1) is 11.6. The zero-order valence-electron chi connectivity index (χ0n) is 13.5. The Morgan fingerprint density at radius 1 is 0.958 bits per heavy atom. The minimum atomic E-state index is -0.427. The van der Waals surface area contributed by atoms with E-state index >= 15 is 0 Å². The number of amides is 1. The predicted octanol–water partition coefficient (Wildman–Crippen LogP) is 4.11. The molecule has 0 spiro atoms. The summed E-state index contributed by atoms with van der Waals surface area (Å²) in [6.45, 7) is 1.32. The van der Waals surface area contributed by atoms with Crippen LogP contribution in [0.1, 0.15) is 28.8 Å². The van der Waals surface area contributed by atoms with Crippen LogP contribution in [0.3, 0.4) is 0 Å². The Balaban J connectivity index is 1.57. The van der Waals surface area contributed by atoms with Gasteiger partial charge in [0.1, 0.15) is 0 Å². The quantitative estimate of drug-likeness (QED) is 0.586. The van der Waals surface area contributed by atoms with Crippen molar-refractivity contribution >= 4 is 27.6 Å². The standard InChI is InChI=1S/C20H20BrNO2/c21-18-9-5-4-8-17(18)19(23)20(24)22-12-10-16(11-13-22)14-15-6-2-1-3-7-15/h1-9,16H,10-14H2. The third kappa shape index (κ3) is 3.93. The highest BCUT2D eigenvalue weighted by molar-refractivity contribution is 9.10. The highest BCUT2D eigenvalue weighted by Crippen LogP contribution is 2.23. The second-order valence-corrected chi connectivity index (χ2v) is 7.09. The molecule has 0 unspecified atom stereocenters. The summed E-state index contributed by atoms with van der Waals surface area (Å²) >= 11 is 3.34. The van der Waals surface area contributed by atoms with Gasteiger partial charge in [-0.15, -0.1) is 0 Å². The van der Waals surface area contributed by atoms with Gasteiger partial charge in [-0.25, -0.2) is 0 Å². The second-order valence-electron chi connectivity index (χ2n) is 6.23. The summed E-state index contributed by atoms with van der Waals surface area (Å²) in [7, 11) is 0. The molecule has 0 N–H and O–H groups in total. The molecule has 1 aliphatic rings. The highest BCUT2D eigenvalue weighted by Gasteiger charge is 2.28. The fourth-order valence-corrected chi connectivity index (χ4v) is 3.66. The lowest BCUT2D eigenvalue weighted by molar-refractivity contribution is -0.127. The zero-order valence-corrected chi connectivity index (χ0v) is 15.0. The molecule has 0 radical (unpaired) electrons. The molecule has 2 aromatic carbocycles. The van der Waals surface area contributed by atoms with Gasteiger partial charge in [0.2, 0.25) is 0 Å². The van der Waals surface area contributed by atoms with Gasteiger partial charge in [-0.05, 0) is 42.9 Å². The molecule has 0 saturated carbocycles. The molecule has 3 nitrogen and oxygen atoms in total. The molecular weight excluding hydrogens is 366 g/mol. The van der Waals surface area contributed by atoms with Gasteiger partial charge in [-0.1, -0.05) is 58.4 Å². The molecule has 0 atom stereocenters. The number of piperidine rings is 1. The van der Waals surface area contributed by atoms with Crippen LogP contribution in [0.25, 0.3) is 0 Å². The fourth-order valence-electron chi connectivity index (χ4n) is 3.19. The van der Waals surface area contributed by atoms with Crippen LogP contribution in [0, 0.1) is 5.92 Å². The van der Waals surface area contributed by atoms with Crippen molar-refractivity contribution in [1.29, 1.82) is 0 Å². The number of likely N-dealkylation sites (tertiary alicyclic amines) is 1. The molecule has 1 amide bonds. The Morgan fingerprint density at radius 2 is 1.58 bits per heavy atom. The van der Waals surface area contributed by atoms with E-state index < -0.39 is 5.78 Å². The van der Waals surface area contributed by atoms with E-state index in [1.54, 1.807) is 23.1 Å². The number of carbonyl (C=O) groups is 2. The van der Waals surface area contributed by atoms with Crippen molar-refractivity contribution < 1.29 is 9.59 Å². The minimum Gasteiger partial charge on any atom is -0.336 e. The number of nitrogens with zero attached hydrogens (tertiary/aromatic N) is 1. The van der Waals surface area contributed by atoms with Crippen molar-refractivity contribution in [3.63, 3.8) is 0 Å². The van der Waals surface area contributed by atoms with E-state index in [1.165, 1.54) is 5.56 Å². The van der Waals surface area contributed by atoms with Crippen molar-refractivity contribution in [3.8, 4) is 0 Å². The molecule has 1 fully saturated rings. The molecule has 0 bridgehead atoms. The molecule has 3 rings (SSSR count). The Morgan fingerprint density at radius 3 is 2.25 bits per heavy atom. The van der Waals surface area contributed by atoms with E-state index in [1.807, 2.05) is 12.1 Å². The van der Waals surface area contributed by atoms with Crippen molar-refractivity contribution in [1.82, 2.24) is 4.90 Å². The molecule has 1 heterocycles. The molecule has 124 valence electrons. The molecular formula is C20H20BrNO2. The largest absolute Gasteiger partial charge is 0.336 e. The lowest BCUT2D eigenvalue weighted by atomic mass is 9.90. The van der Waals surface area contributed by atoms with E-state index in [2.05, 4.69) is 40.2 Å². The topological polar surface area (TPSA) is 37.4 Å². The molecule has 1 saturated heterocycles. The maximum atomic E-state index is 12.5. The number of hydrogen-bond donors (Lipinski definition) is 0. The molecule has 0 aromatic heterocycles. The van der Waals surface area contributed by atoms with Gasteiger partial charge in [0, 0.05) is 23.1 Å². The Hall–Kier alpha value is -1.94. The van der Waals surface area contributed by atoms with Crippen LogP contribution in [0.5, 0.6) is 0 Å². The number of ketones is 1. The minimum absolute atomic E-state index is 0.389. The van der Waals surface area contributed by atoms with Gasteiger partial charge in [0.05, 0.1) is 0 Å². The maximum Gasteiger partial charge on any atom is 0.295 e. The maximum absolute atomic E-state index is 12.5. The van der Waals surface area contributed by atoms with Crippen LogP contribution in [-0.2, 0) is 11.2 Å².